The van der Waals surface area contributed by atoms with Gasteiger partial charge in [-0.15, -0.1) is 5.10 Å². The number of benzene rings is 1. The van der Waals surface area contributed by atoms with Gasteiger partial charge in [0, 0.05) is 12.6 Å². The van der Waals surface area contributed by atoms with Crippen molar-refractivity contribution in [3.05, 3.63) is 36.0 Å². The predicted molar refractivity (Wildman–Crippen MR) is 89.5 cm³/mol. The molecule has 1 saturated heterocycles. The monoisotopic (exact) mass is 369 g/mol. The molecule has 3 rings (SSSR count). The number of hydrogen-bond donors (Lipinski definition) is 1. The lowest BCUT2D eigenvalue weighted by molar-refractivity contribution is 0.590. The lowest BCUT2D eigenvalue weighted by atomic mass is 10.2. The van der Waals surface area contributed by atoms with Crippen LogP contribution in [0.3, 0.4) is 0 Å². The Balaban J connectivity index is 1.85. The van der Waals surface area contributed by atoms with Gasteiger partial charge < -0.3 is 10.2 Å². The minimum atomic E-state index is -3.06. The van der Waals surface area contributed by atoms with Crippen molar-refractivity contribution in [3.8, 4) is 0 Å². The lowest BCUT2D eigenvalue weighted by Gasteiger charge is -2.26. The van der Waals surface area contributed by atoms with Crippen molar-refractivity contribution < 1.29 is 17.2 Å². The van der Waals surface area contributed by atoms with E-state index < -0.39 is 21.5 Å². The van der Waals surface area contributed by atoms with E-state index in [1.807, 2.05) is 6.92 Å². The Labute approximate surface area is 144 Å². The van der Waals surface area contributed by atoms with Crippen LogP contribution in [0.2, 0.25) is 0 Å². The van der Waals surface area contributed by atoms with Crippen molar-refractivity contribution >= 4 is 27.3 Å². The van der Waals surface area contributed by atoms with Gasteiger partial charge >= 0.3 is 0 Å². The molecule has 0 amide bonds. The highest BCUT2D eigenvalue weighted by Crippen LogP contribution is 2.24. The number of aromatic nitrogens is 3. The van der Waals surface area contributed by atoms with Crippen molar-refractivity contribution in [2.24, 2.45) is 0 Å². The van der Waals surface area contributed by atoms with Crippen LogP contribution in [0.5, 0.6) is 0 Å². The van der Waals surface area contributed by atoms with E-state index in [1.54, 1.807) is 4.90 Å². The van der Waals surface area contributed by atoms with Crippen LogP contribution < -0.4 is 10.2 Å². The molecule has 10 heteroatoms. The number of nitrogens with zero attached hydrogens (tertiary/aromatic N) is 4. The van der Waals surface area contributed by atoms with Crippen LogP contribution in [-0.2, 0) is 9.84 Å². The Kier molecular flexibility index (Phi) is 4.80. The van der Waals surface area contributed by atoms with Crippen LogP contribution in [0, 0.1) is 11.6 Å². The zero-order valence-corrected chi connectivity index (χ0v) is 14.3. The first kappa shape index (κ1) is 17.5. The molecule has 2 aromatic rings. The van der Waals surface area contributed by atoms with Gasteiger partial charge in [-0.25, -0.2) is 17.2 Å². The molecule has 1 unspecified atom stereocenters. The van der Waals surface area contributed by atoms with Gasteiger partial charge in [-0.05, 0) is 25.5 Å². The molecule has 134 valence electrons. The van der Waals surface area contributed by atoms with Gasteiger partial charge in [0.2, 0.25) is 5.95 Å². The zero-order valence-electron chi connectivity index (χ0n) is 13.5. The highest BCUT2D eigenvalue weighted by atomic mass is 32.2. The molecule has 0 radical (unpaired) electrons. The molecule has 1 N–H and O–H groups in total. The van der Waals surface area contributed by atoms with Crippen molar-refractivity contribution in [1.29, 1.82) is 0 Å². The van der Waals surface area contributed by atoms with Crippen molar-refractivity contribution in [3.63, 3.8) is 0 Å². The Bertz CT molecular complexity index is 858. The average Bonchev–Trinajstić information content (AvgIpc) is 2.92. The van der Waals surface area contributed by atoms with E-state index in [0.717, 1.165) is 12.1 Å². The smallest absolute Gasteiger partial charge is 0.247 e. The Hall–Kier alpha value is -2.36. The molecule has 0 bridgehead atoms. The summed E-state index contributed by atoms with van der Waals surface area (Å²) in [5, 5.41) is 10.3. The van der Waals surface area contributed by atoms with E-state index in [1.165, 1.54) is 12.3 Å². The topological polar surface area (TPSA) is 88.1 Å². The maximum Gasteiger partial charge on any atom is 0.247 e. The average molecular weight is 369 g/mol. The van der Waals surface area contributed by atoms with Gasteiger partial charge in [0.15, 0.2) is 15.7 Å². The number of nitrogens with one attached hydrogen (secondary N) is 1. The molecule has 0 spiro atoms. The van der Waals surface area contributed by atoms with Gasteiger partial charge in [0.05, 0.1) is 17.7 Å². The van der Waals surface area contributed by atoms with Crippen molar-refractivity contribution in [2.75, 3.05) is 28.3 Å². The maximum absolute atomic E-state index is 13.7. The molecule has 1 aliphatic heterocycles. The number of para-hydroxylation sites is 1. The molecular weight excluding hydrogens is 352 g/mol. The first-order valence-corrected chi connectivity index (χ1v) is 9.59. The first-order chi connectivity index (χ1) is 11.9. The molecule has 0 saturated carbocycles. The summed E-state index contributed by atoms with van der Waals surface area (Å²) in [5.74, 6) is -1.02. The largest absolute Gasteiger partial charge is 0.336 e. The number of sulfone groups is 1. The third kappa shape index (κ3) is 3.84. The van der Waals surface area contributed by atoms with Crippen LogP contribution in [0.15, 0.2) is 24.4 Å². The minimum absolute atomic E-state index is 0.0315. The number of rotatable bonds is 5. The fourth-order valence-corrected chi connectivity index (χ4v) is 4.54. The van der Waals surface area contributed by atoms with Crippen molar-refractivity contribution in [1.82, 2.24) is 15.2 Å². The standard InChI is InChI=1S/C15H17F2N5O2S/c1-2-22(10-6-7-25(23,24)9-10)15-20-13(8-18-21-15)19-14-11(16)4-3-5-12(14)17/h3-5,8,10H,2,6-7,9H2,1H3,(H,19,20,21). The van der Waals surface area contributed by atoms with Crippen molar-refractivity contribution in [2.45, 2.75) is 19.4 Å². The molecule has 7 nitrogen and oxygen atoms in total. The Morgan fingerprint density at radius 2 is 2.04 bits per heavy atom. The number of anilines is 3. The molecule has 2 heterocycles. The highest BCUT2D eigenvalue weighted by Gasteiger charge is 2.33. The molecule has 1 aromatic heterocycles. The summed E-state index contributed by atoms with van der Waals surface area (Å²) in [6.45, 7) is 2.34. The van der Waals surface area contributed by atoms with Crippen LogP contribution in [0.1, 0.15) is 13.3 Å². The van der Waals surface area contributed by atoms with E-state index in [9.17, 15) is 17.2 Å². The van der Waals surface area contributed by atoms with E-state index in [2.05, 4.69) is 20.5 Å². The summed E-state index contributed by atoms with van der Waals surface area (Å²) in [5.41, 5.74) is -0.333. The normalized spacial score (nSPS) is 18.9. The summed E-state index contributed by atoms with van der Waals surface area (Å²) < 4.78 is 50.9. The van der Waals surface area contributed by atoms with Gasteiger partial charge in [-0.3, -0.25) is 0 Å². The molecule has 1 aromatic carbocycles. The number of halogens is 2. The second kappa shape index (κ2) is 6.87. The number of hydrogen-bond acceptors (Lipinski definition) is 7. The summed E-state index contributed by atoms with van der Waals surface area (Å²) in [7, 11) is -3.06. The van der Waals surface area contributed by atoms with Crippen LogP contribution in [0.4, 0.5) is 26.2 Å². The molecule has 0 aliphatic carbocycles. The summed E-state index contributed by atoms with van der Waals surface area (Å²) in [6, 6.07) is 3.28. The van der Waals surface area contributed by atoms with E-state index >= 15 is 0 Å². The van der Waals surface area contributed by atoms with Gasteiger partial charge in [0.25, 0.3) is 0 Å². The Morgan fingerprint density at radius 1 is 1.32 bits per heavy atom. The second-order valence-electron chi connectivity index (χ2n) is 5.71. The third-order valence-electron chi connectivity index (χ3n) is 4.01. The fourth-order valence-electron chi connectivity index (χ4n) is 2.81. The quantitative estimate of drug-likeness (QED) is 0.861. The van der Waals surface area contributed by atoms with Crippen LogP contribution >= 0.6 is 0 Å². The third-order valence-corrected chi connectivity index (χ3v) is 5.76. The summed E-state index contributed by atoms with van der Waals surface area (Å²) in [4.78, 5) is 5.96. The van der Waals surface area contributed by atoms with Crippen LogP contribution in [0.25, 0.3) is 0 Å². The molecule has 1 aliphatic rings. The lowest BCUT2D eigenvalue weighted by Crippen LogP contribution is -2.37. The first-order valence-electron chi connectivity index (χ1n) is 7.77. The SMILES string of the molecule is CCN(c1nncc(Nc2c(F)cccc2F)n1)C1CCS(=O)(=O)C1. The second-order valence-corrected chi connectivity index (χ2v) is 7.93. The Morgan fingerprint density at radius 3 is 2.64 bits per heavy atom. The predicted octanol–water partition coefficient (Wildman–Crippen LogP) is 1.91. The maximum atomic E-state index is 13.7. The fraction of sp³-hybridized carbons (Fsp3) is 0.400. The minimum Gasteiger partial charge on any atom is -0.336 e. The molecular formula is C15H17F2N5O2S. The molecule has 25 heavy (non-hydrogen) atoms. The van der Waals surface area contributed by atoms with E-state index in [-0.39, 0.29) is 35.0 Å². The van der Waals surface area contributed by atoms with E-state index in [0.29, 0.717) is 13.0 Å². The van der Waals surface area contributed by atoms with E-state index in [4.69, 9.17) is 0 Å². The summed E-state index contributed by atoms with van der Waals surface area (Å²) in [6.07, 6.45) is 1.73. The molecule has 1 fully saturated rings. The zero-order chi connectivity index (χ0) is 18.0. The molecule has 1 atom stereocenters. The van der Waals surface area contributed by atoms with Gasteiger partial charge in [-0.1, -0.05) is 6.07 Å². The highest BCUT2D eigenvalue weighted by molar-refractivity contribution is 7.91. The van der Waals surface area contributed by atoms with Gasteiger partial charge in [0.1, 0.15) is 17.3 Å². The summed E-state index contributed by atoms with van der Waals surface area (Å²) >= 11 is 0. The van der Waals surface area contributed by atoms with Gasteiger partial charge in [-0.2, -0.15) is 10.1 Å². The van der Waals surface area contributed by atoms with Crippen LogP contribution in [-0.4, -0.2) is 47.7 Å².